The maximum absolute atomic E-state index is 14.0. The van der Waals surface area contributed by atoms with Crippen LogP contribution in [0.2, 0.25) is 0 Å². The summed E-state index contributed by atoms with van der Waals surface area (Å²) < 4.78 is 53.3. The molecule has 1 aliphatic heterocycles. The number of alkyl halides is 3. The first-order chi connectivity index (χ1) is 16.0. The lowest BCUT2D eigenvalue weighted by Crippen LogP contribution is -2.52. The van der Waals surface area contributed by atoms with Gasteiger partial charge in [0.25, 0.3) is 11.2 Å². The third-order valence-electron chi connectivity index (χ3n) is 5.60. The number of nitro groups is 1. The van der Waals surface area contributed by atoms with Gasteiger partial charge in [-0.1, -0.05) is 23.5 Å². The molecule has 3 aromatic rings. The second-order valence-electron chi connectivity index (χ2n) is 7.77. The van der Waals surface area contributed by atoms with Gasteiger partial charge in [0.15, 0.2) is 5.13 Å². The van der Waals surface area contributed by atoms with Gasteiger partial charge in [0.2, 0.25) is 0 Å². The van der Waals surface area contributed by atoms with Gasteiger partial charge in [0.1, 0.15) is 10.5 Å². The summed E-state index contributed by atoms with van der Waals surface area (Å²) in [7, 11) is 0. The zero-order chi connectivity index (χ0) is 24.6. The third kappa shape index (κ3) is 4.86. The van der Waals surface area contributed by atoms with E-state index in [4.69, 9.17) is 0 Å². The number of aromatic nitrogens is 1. The number of anilines is 1. The van der Waals surface area contributed by atoms with Crippen LogP contribution in [0.25, 0.3) is 10.1 Å². The highest BCUT2D eigenvalue weighted by atomic mass is 32.1. The molecule has 0 aliphatic carbocycles. The molecule has 0 radical (unpaired) electrons. The van der Waals surface area contributed by atoms with Crippen molar-refractivity contribution in [1.29, 1.82) is 0 Å². The van der Waals surface area contributed by atoms with Crippen molar-refractivity contribution < 1.29 is 22.5 Å². The van der Waals surface area contributed by atoms with Crippen LogP contribution in [0.5, 0.6) is 0 Å². The number of halogens is 4. The number of hydrogen-bond acceptors (Lipinski definition) is 8. The lowest BCUT2D eigenvalue weighted by Gasteiger charge is -2.35. The van der Waals surface area contributed by atoms with Gasteiger partial charge in [-0.3, -0.25) is 20.3 Å². The average molecular weight is 497 g/mol. The number of nitro benzene ring substituents is 1. The van der Waals surface area contributed by atoms with Crippen LogP contribution in [0.4, 0.5) is 28.4 Å². The van der Waals surface area contributed by atoms with Gasteiger partial charge in [0, 0.05) is 44.4 Å². The summed E-state index contributed by atoms with van der Waals surface area (Å²) in [6.45, 7) is 3.92. The van der Waals surface area contributed by atoms with E-state index >= 15 is 0 Å². The highest BCUT2D eigenvalue weighted by Crippen LogP contribution is 2.38. The summed E-state index contributed by atoms with van der Waals surface area (Å²) in [6, 6.07) is 5.90. The smallest absolute Gasteiger partial charge is 0.345 e. The summed E-state index contributed by atoms with van der Waals surface area (Å²) >= 11 is 0.814. The highest BCUT2D eigenvalue weighted by Gasteiger charge is 2.34. The van der Waals surface area contributed by atoms with Crippen LogP contribution >= 0.6 is 11.3 Å². The average Bonchev–Trinajstić information content (AvgIpc) is 2.77. The minimum atomic E-state index is -4.83. The fourth-order valence-electron chi connectivity index (χ4n) is 3.71. The molecule has 2 heterocycles. The van der Waals surface area contributed by atoms with E-state index in [0.29, 0.717) is 50.4 Å². The van der Waals surface area contributed by atoms with Crippen molar-refractivity contribution in [1.82, 2.24) is 15.4 Å². The minimum absolute atomic E-state index is 0.149. The van der Waals surface area contributed by atoms with Crippen molar-refractivity contribution in [2.75, 3.05) is 31.1 Å². The molecule has 180 valence electrons. The zero-order valence-corrected chi connectivity index (χ0v) is 18.7. The standard InChI is InChI=1S/C21H19F4N5O3S/c1-12-3-2-4-16(22)15(12)11-26-29-7-5-28(6-8-29)20-27-19(31)14-9-13(21(23,24)25)10-17(30(32)33)18(14)34-20/h2-4,9-10,26H,5-8,11H2,1H3. The number of fused-ring (bicyclic) bond motifs is 1. The van der Waals surface area contributed by atoms with E-state index in [1.807, 2.05) is 18.0 Å². The summed E-state index contributed by atoms with van der Waals surface area (Å²) in [4.78, 5) is 28.7. The van der Waals surface area contributed by atoms with Crippen LogP contribution in [0.3, 0.4) is 0 Å². The van der Waals surface area contributed by atoms with E-state index in [-0.39, 0.29) is 15.6 Å². The van der Waals surface area contributed by atoms with Gasteiger partial charge < -0.3 is 4.90 Å². The number of hydrogen-bond donors (Lipinski definition) is 1. The normalized spacial score (nSPS) is 15.1. The molecule has 34 heavy (non-hydrogen) atoms. The molecule has 0 spiro atoms. The quantitative estimate of drug-likeness (QED) is 0.325. The molecule has 0 bridgehead atoms. The Morgan fingerprint density at radius 2 is 1.91 bits per heavy atom. The van der Waals surface area contributed by atoms with Crippen LogP contribution in [-0.4, -0.2) is 41.1 Å². The van der Waals surface area contributed by atoms with Crippen molar-refractivity contribution in [3.8, 4) is 0 Å². The molecule has 0 amide bonds. The third-order valence-corrected chi connectivity index (χ3v) is 6.76. The summed E-state index contributed by atoms with van der Waals surface area (Å²) in [5.41, 5.74) is 1.55. The summed E-state index contributed by atoms with van der Waals surface area (Å²) in [5, 5.41) is 13.1. The molecule has 0 atom stereocenters. The Bertz CT molecular complexity index is 1290. The Labute approximate surface area is 194 Å². The van der Waals surface area contributed by atoms with Gasteiger partial charge in [-0.05, 0) is 24.6 Å². The maximum Gasteiger partial charge on any atom is 0.416 e. The highest BCUT2D eigenvalue weighted by molar-refractivity contribution is 7.22. The second kappa shape index (κ2) is 9.24. The van der Waals surface area contributed by atoms with E-state index in [9.17, 15) is 32.5 Å². The van der Waals surface area contributed by atoms with Crippen molar-refractivity contribution in [2.45, 2.75) is 19.6 Å². The van der Waals surface area contributed by atoms with E-state index in [0.717, 1.165) is 16.9 Å². The lowest BCUT2D eigenvalue weighted by molar-refractivity contribution is -0.383. The number of nitrogens with one attached hydrogen (secondary N) is 1. The fourth-order valence-corrected chi connectivity index (χ4v) is 4.83. The Kier molecular flexibility index (Phi) is 6.51. The van der Waals surface area contributed by atoms with Crippen molar-refractivity contribution in [3.05, 3.63) is 73.3 Å². The monoisotopic (exact) mass is 497 g/mol. The van der Waals surface area contributed by atoms with E-state index in [1.165, 1.54) is 6.07 Å². The van der Waals surface area contributed by atoms with E-state index in [1.54, 1.807) is 11.0 Å². The number of piperazine rings is 1. The number of aryl methyl sites for hydroxylation is 1. The predicted molar refractivity (Wildman–Crippen MR) is 119 cm³/mol. The van der Waals surface area contributed by atoms with E-state index < -0.39 is 33.3 Å². The Morgan fingerprint density at radius 3 is 2.53 bits per heavy atom. The van der Waals surface area contributed by atoms with Crippen LogP contribution in [0.1, 0.15) is 16.7 Å². The SMILES string of the molecule is Cc1cccc(F)c1CNN1CCN(c2nc(=O)c3cc(C(F)(F)F)cc([N+](=O)[O-])c3s2)CC1. The first-order valence-corrected chi connectivity index (χ1v) is 11.0. The van der Waals surface area contributed by atoms with Crippen LogP contribution in [-0.2, 0) is 12.7 Å². The Morgan fingerprint density at radius 1 is 1.21 bits per heavy atom. The number of nitrogens with zero attached hydrogens (tertiary/aromatic N) is 4. The number of benzene rings is 2. The molecular weight excluding hydrogens is 478 g/mol. The van der Waals surface area contributed by atoms with Crippen molar-refractivity contribution >= 4 is 32.2 Å². The topological polar surface area (TPSA) is 91.6 Å². The molecular formula is C21H19F4N5O3S. The van der Waals surface area contributed by atoms with Crippen LogP contribution in [0.15, 0.2) is 35.1 Å². The maximum atomic E-state index is 14.0. The van der Waals surface area contributed by atoms with Crippen LogP contribution < -0.4 is 15.9 Å². The van der Waals surface area contributed by atoms with Gasteiger partial charge >= 0.3 is 6.18 Å². The first-order valence-electron chi connectivity index (χ1n) is 10.2. The lowest BCUT2D eigenvalue weighted by atomic mass is 10.1. The number of rotatable bonds is 5. The Balaban J connectivity index is 1.53. The molecule has 0 unspecified atom stereocenters. The Hall–Kier alpha value is -3.16. The first kappa shape index (κ1) is 24.0. The molecule has 1 N–H and O–H groups in total. The van der Waals surface area contributed by atoms with E-state index in [2.05, 4.69) is 10.4 Å². The summed E-state index contributed by atoms with van der Waals surface area (Å²) in [5.74, 6) is -0.299. The molecule has 4 rings (SSSR count). The minimum Gasteiger partial charge on any atom is -0.345 e. The molecule has 8 nitrogen and oxygen atoms in total. The molecule has 0 saturated carbocycles. The predicted octanol–water partition coefficient (Wildman–Crippen LogP) is 3.86. The van der Waals surface area contributed by atoms with Crippen molar-refractivity contribution in [2.24, 2.45) is 0 Å². The fraction of sp³-hybridized carbons (Fsp3) is 0.333. The number of non-ortho nitro benzene ring substituents is 1. The van der Waals surface area contributed by atoms with Gasteiger partial charge in [-0.2, -0.15) is 18.2 Å². The van der Waals surface area contributed by atoms with Gasteiger partial charge in [-0.25, -0.2) is 9.40 Å². The number of hydrazine groups is 1. The second-order valence-corrected chi connectivity index (χ2v) is 8.75. The molecule has 1 aromatic heterocycles. The van der Waals surface area contributed by atoms with Gasteiger partial charge in [-0.15, -0.1) is 0 Å². The molecule has 2 aromatic carbocycles. The molecule has 1 fully saturated rings. The zero-order valence-electron chi connectivity index (χ0n) is 17.9. The largest absolute Gasteiger partial charge is 0.416 e. The van der Waals surface area contributed by atoms with Crippen molar-refractivity contribution in [3.63, 3.8) is 0 Å². The summed E-state index contributed by atoms with van der Waals surface area (Å²) in [6.07, 6.45) is -4.83. The van der Waals surface area contributed by atoms with Gasteiger partial charge in [0.05, 0.1) is 15.9 Å². The molecule has 1 aliphatic rings. The molecule has 13 heteroatoms. The van der Waals surface area contributed by atoms with Crippen LogP contribution in [0, 0.1) is 22.9 Å². The molecule has 1 saturated heterocycles.